The molecule has 160 valence electrons. The van der Waals surface area contributed by atoms with Crippen molar-refractivity contribution in [3.63, 3.8) is 0 Å². The highest BCUT2D eigenvalue weighted by Crippen LogP contribution is 2.36. The van der Waals surface area contributed by atoms with Crippen LogP contribution in [0.15, 0.2) is 57.9 Å². The summed E-state index contributed by atoms with van der Waals surface area (Å²) in [7, 11) is 1.85. The first-order valence-corrected chi connectivity index (χ1v) is 11.6. The van der Waals surface area contributed by atoms with Crippen LogP contribution in [-0.4, -0.2) is 22.9 Å². The molecule has 32 heavy (non-hydrogen) atoms. The predicted molar refractivity (Wildman–Crippen MR) is 129 cm³/mol. The number of thiazole rings is 1. The van der Waals surface area contributed by atoms with Crippen LogP contribution in [0.1, 0.15) is 32.7 Å². The Morgan fingerprint density at radius 3 is 2.62 bits per heavy atom. The van der Waals surface area contributed by atoms with Gasteiger partial charge in [-0.25, -0.2) is 9.97 Å². The molecule has 0 aliphatic rings. The van der Waals surface area contributed by atoms with Gasteiger partial charge >= 0.3 is 0 Å². The molecule has 0 unspecified atom stereocenters. The number of carbonyl (C=O) groups is 1. The Bertz CT molecular complexity index is 1340. The third-order valence-electron chi connectivity index (χ3n) is 4.80. The van der Waals surface area contributed by atoms with Gasteiger partial charge in [-0.3, -0.25) is 4.79 Å². The molecule has 0 bridgehead atoms. The van der Waals surface area contributed by atoms with E-state index in [9.17, 15) is 10.1 Å². The second kappa shape index (κ2) is 9.49. The molecule has 2 aromatic heterocycles. The number of benzene rings is 2. The number of rotatable bonds is 6. The third-order valence-corrected chi connectivity index (χ3v) is 6.87. The van der Waals surface area contributed by atoms with Gasteiger partial charge in [0.1, 0.15) is 11.1 Å². The number of hydrogen-bond donors (Lipinski definition) is 2. The maximum absolute atomic E-state index is 12.5. The Labute approximate surface area is 194 Å². The lowest BCUT2D eigenvalue weighted by Gasteiger charge is -2.08. The van der Waals surface area contributed by atoms with Gasteiger partial charge in [-0.1, -0.05) is 17.7 Å². The van der Waals surface area contributed by atoms with Gasteiger partial charge in [0.25, 0.3) is 5.91 Å². The number of nitrogens with zero attached hydrogens (tertiary/aromatic N) is 3. The molecule has 6 nitrogen and oxygen atoms in total. The maximum atomic E-state index is 12.5. The van der Waals surface area contributed by atoms with Crippen LogP contribution >= 0.6 is 23.1 Å². The Balaban J connectivity index is 1.58. The number of pyridine rings is 1. The van der Waals surface area contributed by atoms with E-state index in [-0.39, 0.29) is 5.91 Å². The highest BCUT2D eigenvalue weighted by Gasteiger charge is 2.15. The molecule has 8 heteroatoms. The van der Waals surface area contributed by atoms with Crippen molar-refractivity contribution in [1.29, 1.82) is 5.26 Å². The first-order valence-electron chi connectivity index (χ1n) is 9.98. The minimum Gasteiger partial charge on any atom is -0.322 e. The Kier molecular flexibility index (Phi) is 6.51. The van der Waals surface area contributed by atoms with Crippen molar-refractivity contribution in [2.45, 2.75) is 29.8 Å². The zero-order valence-corrected chi connectivity index (χ0v) is 19.5. The number of nitrogens with one attached hydrogen (secondary N) is 2. The van der Waals surface area contributed by atoms with Crippen molar-refractivity contribution in [3.05, 3.63) is 76.5 Å². The van der Waals surface area contributed by atoms with E-state index in [0.29, 0.717) is 28.4 Å². The minimum atomic E-state index is -0.150. The van der Waals surface area contributed by atoms with Gasteiger partial charge in [0.15, 0.2) is 4.34 Å². The lowest BCUT2D eigenvalue weighted by atomic mass is 10.1. The maximum Gasteiger partial charge on any atom is 0.255 e. The number of fused-ring (bicyclic) bond motifs is 1. The average Bonchev–Trinajstić information content (AvgIpc) is 3.16. The predicted octanol–water partition coefficient (Wildman–Crippen LogP) is 5.30. The summed E-state index contributed by atoms with van der Waals surface area (Å²) in [5.74, 6) is -0.150. The average molecular weight is 460 g/mol. The smallest absolute Gasteiger partial charge is 0.255 e. The summed E-state index contributed by atoms with van der Waals surface area (Å²) >= 11 is 2.91. The zero-order valence-electron chi connectivity index (χ0n) is 17.9. The molecule has 4 aromatic rings. The van der Waals surface area contributed by atoms with Crippen molar-refractivity contribution < 1.29 is 4.79 Å². The highest BCUT2D eigenvalue weighted by atomic mass is 32.2. The lowest BCUT2D eigenvalue weighted by molar-refractivity contribution is 0.102. The summed E-state index contributed by atoms with van der Waals surface area (Å²) in [6.07, 6.45) is 0. The molecule has 0 radical (unpaired) electrons. The lowest BCUT2D eigenvalue weighted by Crippen LogP contribution is -2.11. The summed E-state index contributed by atoms with van der Waals surface area (Å²) in [6, 6.07) is 17.3. The van der Waals surface area contributed by atoms with Crippen LogP contribution in [0.3, 0.4) is 0 Å². The first kappa shape index (κ1) is 22.0. The van der Waals surface area contributed by atoms with E-state index in [4.69, 9.17) is 0 Å². The highest BCUT2D eigenvalue weighted by molar-refractivity contribution is 8.01. The number of aryl methyl sites for hydroxylation is 2. The van der Waals surface area contributed by atoms with Crippen molar-refractivity contribution in [2.24, 2.45) is 0 Å². The van der Waals surface area contributed by atoms with Crippen molar-refractivity contribution in [1.82, 2.24) is 15.3 Å². The summed E-state index contributed by atoms with van der Waals surface area (Å²) in [5, 5.41) is 16.4. The van der Waals surface area contributed by atoms with Gasteiger partial charge in [-0.05, 0) is 74.6 Å². The van der Waals surface area contributed by atoms with Crippen LogP contribution in [0.2, 0.25) is 0 Å². The molecule has 0 spiro atoms. The third kappa shape index (κ3) is 4.81. The van der Waals surface area contributed by atoms with Crippen molar-refractivity contribution >= 4 is 44.9 Å². The summed E-state index contributed by atoms with van der Waals surface area (Å²) in [4.78, 5) is 21.8. The Morgan fingerprint density at radius 2 is 1.91 bits per heavy atom. The van der Waals surface area contributed by atoms with Gasteiger partial charge < -0.3 is 10.6 Å². The van der Waals surface area contributed by atoms with Gasteiger partial charge in [-0.15, -0.1) is 11.3 Å². The molecule has 2 N–H and O–H groups in total. The number of aromatic nitrogens is 2. The molecular weight excluding hydrogens is 438 g/mol. The normalized spacial score (nSPS) is 10.8. The molecule has 2 aromatic carbocycles. The van der Waals surface area contributed by atoms with E-state index in [1.54, 1.807) is 0 Å². The molecule has 4 rings (SSSR count). The van der Waals surface area contributed by atoms with Crippen LogP contribution in [0.25, 0.3) is 10.2 Å². The fraction of sp³-hybridized carbons (Fsp3) is 0.167. The second-order valence-electron chi connectivity index (χ2n) is 7.33. The topological polar surface area (TPSA) is 90.7 Å². The van der Waals surface area contributed by atoms with Crippen LogP contribution < -0.4 is 10.6 Å². The molecule has 1 amide bonds. The molecule has 0 atom stereocenters. The van der Waals surface area contributed by atoms with E-state index in [1.807, 2.05) is 69.4 Å². The number of hydrogen-bond acceptors (Lipinski definition) is 7. The van der Waals surface area contributed by atoms with Crippen LogP contribution in [-0.2, 0) is 6.54 Å². The number of carbonyl (C=O) groups excluding carboxylic acids is 1. The standard InChI is InChI=1S/C24H21N5OS2/c1-14-4-6-16(7-5-14)22(30)28-18-8-9-20-21(11-18)31-24(29-20)32-23-19(12-25)17(13-26-3)10-15(2)27-23/h4-11,26H,13H2,1-3H3,(H,28,30). The van der Waals surface area contributed by atoms with E-state index >= 15 is 0 Å². The van der Waals surface area contributed by atoms with E-state index in [1.165, 1.54) is 23.1 Å². The molecule has 0 aliphatic carbocycles. The number of anilines is 1. The number of nitriles is 1. The van der Waals surface area contributed by atoms with Crippen LogP contribution in [0.4, 0.5) is 5.69 Å². The van der Waals surface area contributed by atoms with Gasteiger partial charge in [0, 0.05) is 23.5 Å². The summed E-state index contributed by atoms with van der Waals surface area (Å²) < 4.78 is 1.75. The quantitative estimate of drug-likeness (QED) is 0.406. The van der Waals surface area contributed by atoms with Crippen LogP contribution in [0, 0.1) is 25.2 Å². The van der Waals surface area contributed by atoms with E-state index < -0.39 is 0 Å². The van der Waals surface area contributed by atoms with E-state index in [2.05, 4.69) is 26.7 Å². The summed E-state index contributed by atoms with van der Waals surface area (Å²) in [6.45, 7) is 4.51. The fourth-order valence-electron chi connectivity index (χ4n) is 3.25. The van der Waals surface area contributed by atoms with Gasteiger partial charge in [-0.2, -0.15) is 5.26 Å². The molecule has 2 heterocycles. The molecule has 0 saturated carbocycles. The zero-order chi connectivity index (χ0) is 22.7. The molecule has 0 fully saturated rings. The summed E-state index contributed by atoms with van der Waals surface area (Å²) in [5.41, 5.74) is 5.63. The largest absolute Gasteiger partial charge is 0.322 e. The minimum absolute atomic E-state index is 0.150. The van der Waals surface area contributed by atoms with E-state index in [0.717, 1.165) is 31.4 Å². The van der Waals surface area contributed by atoms with Gasteiger partial charge in [0.2, 0.25) is 0 Å². The Hall–Kier alpha value is -3.25. The Morgan fingerprint density at radius 1 is 1.12 bits per heavy atom. The molecule has 0 aliphatic heterocycles. The second-order valence-corrected chi connectivity index (χ2v) is 9.60. The van der Waals surface area contributed by atoms with Gasteiger partial charge in [0.05, 0.1) is 15.8 Å². The monoisotopic (exact) mass is 459 g/mol. The van der Waals surface area contributed by atoms with Crippen molar-refractivity contribution in [3.8, 4) is 6.07 Å². The van der Waals surface area contributed by atoms with Crippen molar-refractivity contribution in [2.75, 3.05) is 12.4 Å². The molecular formula is C24H21N5OS2. The fourth-order valence-corrected chi connectivity index (χ4v) is 5.44. The number of amides is 1. The molecule has 0 saturated heterocycles. The SMILES string of the molecule is CNCc1cc(C)nc(Sc2nc3ccc(NC(=O)c4ccc(C)cc4)cc3s2)c1C#N. The first-order chi connectivity index (χ1) is 15.5. The van der Waals surface area contributed by atoms with Crippen LogP contribution in [0.5, 0.6) is 0 Å².